The third kappa shape index (κ3) is 3.29. The van der Waals surface area contributed by atoms with Gasteiger partial charge in [0.05, 0.1) is 6.61 Å². The third-order valence-corrected chi connectivity index (χ3v) is 4.33. The first-order valence-corrected chi connectivity index (χ1v) is 7.43. The van der Waals surface area contributed by atoms with Crippen LogP contribution in [0.2, 0.25) is 0 Å². The third-order valence-electron chi connectivity index (χ3n) is 4.33. The maximum Gasteiger partial charge on any atom is 0.251 e. The Bertz CT molecular complexity index is 450. The second-order valence-corrected chi connectivity index (χ2v) is 6.23. The normalized spacial score (nSPS) is 26.8. The predicted molar refractivity (Wildman–Crippen MR) is 75.9 cm³/mol. The van der Waals surface area contributed by atoms with Crippen molar-refractivity contribution in [1.82, 2.24) is 4.98 Å². The monoisotopic (exact) mass is 281 g/mol. The fraction of sp³-hybridized carbons (Fsp3) is 0.688. The van der Waals surface area contributed by atoms with E-state index in [4.69, 9.17) is 9.84 Å². The molecule has 1 aromatic heterocycles. The van der Waals surface area contributed by atoms with Gasteiger partial charge in [-0.25, -0.2) is 9.37 Å². The molecule has 1 aromatic rings. The summed E-state index contributed by atoms with van der Waals surface area (Å²) in [4.78, 5) is 3.99. The van der Waals surface area contributed by atoms with E-state index < -0.39 is 5.82 Å². The van der Waals surface area contributed by atoms with Gasteiger partial charge in [0.2, 0.25) is 0 Å². The summed E-state index contributed by atoms with van der Waals surface area (Å²) in [5, 5.41) is 9.11. The summed E-state index contributed by atoms with van der Waals surface area (Å²) in [5.41, 5.74) is 0.236. The van der Waals surface area contributed by atoms with Crippen LogP contribution in [0.5, 0.6) is 5.88 Å². The molecular formula is C16H24FNO2. The molecule has 3 nitrogen and oxygen atoms in total. The van der Waals surface area contributed by atoms with E-state index in [1.807, 2.05) is 0 Å². The molecule has 1 N–H and O–H groups in total. The number of aliphatic hydroxyl groups excluding tert-OH is 1. The van der Waals surface area contributed by atoms with E-state index in [-0.39, 0.29) is 24.2 Å². The highest BCUT2D eigenvalue weighted by Gasteiger charge is 2.33. The van der Waals surface area contributed by atoms with Crippen molar-refractivity contribution in [3.8, 4) is 5.88 Å². The lowest BCUT2D eigenvalue weighted by atomic mass is 9.75. The topological polar surface area (TPSA) is 42.4 Å². The van der Waals surface area contributed by atoms with Crippen molar-refractivity contribution in [2.45, 2.75) is 52.7 Å². The zero-order chi connectivity index (χ0) is 14.7. The maximum atomic E-state index is 14.1. The number of hydrogen-bond donors (Lipinski definition) is 1. The fourth-order valence-corrected chi connectivity index (χ4v) is 3.06. The lowest BCUT2D eigenvalue weighted by Crippen LogP contribution is -2.36. The van der Waals surface area contributed by atoms with Gasteiger partial charge in [-0.15, -0.1) is 0 Å². The van der Waals surface area contributed by atoms with Crippen molar-refractivity contribution in [2.24, 2.45) is 17.8 Å². The molecule has 0 bridgehead atoms. The van der Waals surface area contributed by atoms with Crippen LogP contribution in [-0.4, -0.2) is 16.2 Å². The Morgan fingerprint density at radius 1 is 1.45 bits per heavy atom. The van der Waals surface area contributed by atoms with Crippen LogP contribution in [0.3, 0.4) is 0 Å². The van der Waals surface area contributed by atoms with E-state index in [0.717, 1.165) is 12.8 Å². The van der Waals surface area contributed by atoms with E-state index in [9.17, 15) is 4.39 Å². The Morgan fingerprint density at radius 3 is 2.85 bits per heavy atom. The number of halogens is 1. The van der Waals surface area contributed by atoms with Gasteiger partial charge < -0.3 is 9.84 Å². The molecule has 0 spiro atoms. The van der Waals surface area contributed by atoms with E-state index in [1.54, 1.807) is 0 Å². The molecule has 112 valence electrons. The summed E-state index contributed by atoms with van der Waals surface area (Å²) < 4.78 is 20.0. The summed E-state index contributed by atoms with van der Waals surface area (Å²) in [6, 6.07) is 1.48. The number of nitrogens with zero attached hydrogens (tertiary/aromatic N) is 1. The van der Waals surface area contributed by atoms with Gasteiger partial charge in [0.15, 0.2) is 5.82 Å². The second kappa shape index (κ2) is 6.53. The van der Waals surface area contributed by atoms with Crippen LogP contribution < -0.4 is 4.74 Å². The smallest absolute Gasteiger partial charge is 0.251 e. The fourth-order valence-electron chi connectivity index (χ4n) is 3.06. The molecule has 2 rings (SSSR count). The van der Waals surface area contributed by atoms with E-state index >= 15 is 0 Å². The maximum absolute atomic E-state index is 14.1. The van der Waals surface area contributed by atoms with Crippen molar-refractivity contribution < 1.29 is 14.2 Å². The highest BCUT2D eigenvalue weighted by molar-refractivity contribution is 5.23. The summed E-state index contributed by atoms with van der Waals surface area (Å²) in [7, 11) is 0. The van der Waals surface area contributed by atoms with Crippen LogP contribution in [0.15, 0.2) is 12.3 Å². The molecule has 1 aliphatic carbocycles. The molecule has 1 heterocycles. The Balaban J connectivity index is 2.18. The number of aromatic nitrogens is 1. The molecule has 1 aliphatic rings. The van der Waals surface area contributed by atoms with Crippen molar-refractivity contribution >= 4 is 0 Å². The van der Waals surface area contributed by atoms with Crippen molar-refractivity contribution in [3.63, 3.8) is 0 Å². The van der Waals surface area contributed by atoms with Gasteiger partial charge in [-0.05, 0) is 36.7 Å². The molecule has 20 heavy (non-hydrogen) atoms. The molecule has 3 atom stereocenters. The largest absolute Gasteiger partial charge is 0.472 e. The van der Waals surface area contributed by atoms with Crippen molar-refractivity contribution in [2.75, 3.05) is 0 Å². The second-order valence-electron chi connectivity index (χ2n) is 6.23. The molecule has 0 saturated heterocycles. The molecule has 0 radical (unpaired) electrons. The number of rotatable bonds is 4. The summed E-state index contributed by atoms with van der Waals surface area (Å²) in [6.07, 6.45) is 4.75. The number of ether oxygens (including phenoxy) is 1. The number of aliphatic hydroxyl groups is 1. The van der Waals surface area contributed by atoms with Gasteiger partial charge in [-0.2, -0.15) is 0 Å². The summed E-state index contributed by atoms with van der Waals surface area (Å²) in [5.74, 6) is 1.04. The van der Waals surface area contributed by atoms with Gasteiger partial charge >= 0.3 is 0 Å². The number of pyridine rings is 1. The first-order valence-electron chi connectivity index (χ1n) is 7.43. The SMILES string of the molecule is CC1CCC(C(C)C)C(Oc2nccc(CO)c2F)C1. The molecule has 0 amide bonds. The highest BCUT2D eigenvalue weighted by atomic mass is 19.1. The molecule has 3 unspecified atom stereocenters. The standard InChI is InChI=1S/C16H24FNO2/c1-10(2)13-5-4-11(3)8-14(13)20-16-15(17)12(9-19)6-7-18-16/h6-7,10-11,13-14,19H,4-5,8-9H2,1-3H3. The van der Waals surface area contributed by atoms with Crippen LogP contribution in [-0.2, 0) is 6.61 Å². The Morgan fingerprint density at radius 2 is 2.20 bits per heavy atom. The van der Waals surface area contributed by atoms with Crippen LogP contribution >= 0.6 is 0 Å². The molecular weight excluding hydrogens is 257 g/mol. The highest BCUT2D eigenvalue weighted by Crippen LogP contribution is 2.36. The van der Waals surface area contributed by atoms with Gasteiger partial charge in [-0.3, -0.25) is 0 Å². The van der Waals surface area contributed by atoms with Gasteiger partial charge in [0.25, 0.3) is 5.88 Å². The zero-order valence-electron chi connectivity index (χ0n) is 12.5. The minimum absolute atomic E-state index is 0.00897. The van der Waals surface area contributed by atoms with E-state index in [2.05, 4.69) is 25.8 Å². The average molecular weight is 281 g/mol. The minimum atomic E-state index is -0.532. The molecule has 0 aromatic carbocycles. The first kappa shape index (κ1) is 15.2. The molecule has 1 saturated carbocycles. The lowest BCUT2D eigenvalue weighted by Gasteiger charge is -2.37. The molecule has 4 heteroatoms. The van der Waals surface area contributed by atoms with Crippen molar-refractivity contribution in [1.29, 1.82) is 0 Å². The van der Waals surface area contributed by atoms with Crippen LogP contribution in [0.25, 0.3) is 0 Å². The van der Waals surface area contributed by atoms with Gasteiger partial charge in [0, 0.05) is 11.8 Å². The van der Waals surface area contributed by atoms with Gasteiger partial charge in [0.1, 0.15) is 6.10 Å². The minimum Gasteiger partial charge on any atom is -0.472 e. The lowest BCUT2D eigenvalue weighted by molar-refractivity contribution is 0.0391. The Hall–Kier alpha value is -1.16. The predicted octanol–water partition coefficient (Wildman–Crippen LogP) is 3.55. The number of hydrogen-bond acceptors (Lipinski definition) is 3. The molecule has 1 fully saturated rings. The van der Waals surface area contributed by atoms with E-state index in [0.29, 0.717) is 17.8 Å². The van der Waals surface area contributed by atoms with Crippen LogP contribution in [0.4, 0.5) is 4.39 Å². The Labute approximate surface area is 120 Å². The van der Waals surface area contributed by atoms with Crippen molar-refractivity contribution in [3.05, 3.63) is 23.6 Å². The Kier molecular flexibility index (Phi) is 4.97. The van der Waals surface area contributed by atoms with E-state index in [1.165, 1.54) is 18.7 Å². The van der Waals surface area contributed by atoms with Crippen LogP contribution in [0.1, 0.15) is 45.6 Å². The average Bonchev–Trinajstić information content (AvgIpc) is 2.41. The zero-order valence-corrected chi connectivity index (χ0v) is 12.5. The van der Waals surface area contributed by atoms with Gasteiger partial charge in [-0.1, -0.05) is 27.2 Å². The summed E-state index contributed by atoms with van der Waals surface area (Å²) in [6.45, 7) is 6.25. The first-order chi connectivity index (χ1) is 9.52. The quantitative estimate of drug-likeness (QED) is 0.917. The van der Waals surface area contributed by atoms with Crippen LogP contribution in [0, 0.1) is 23.6 Å². The summed E-state index contributed by atoms with van der Waals surface area (Å²) >= 11 is 0. The molecule has 0 aliphatic heterocycles.